The number of nitrogens with two attached hydrogens (primary N) is 1. The van der Waals surface area contributed by atoms with Crippen LogP contribution in [-0.4, -0.2) is 9.78 Å². The molecule has 1 rings (SSSR count). The van der Waals surface area contributed by atoms with Crippen molar-refractivity contribution in [3.8, 4) is 0 Å². The molecule has 3 nitrogen and oxygen atoms in total. The molecule has 0 saturated carbocycles. The second kappa shape index (κ2) is 3.46. The standard InChI is InChI=1S/C10H18ClN3/c1-6(2)14-9(12)7(11)8(13-14)10(3,4)5/h6H,12H2,1-5H3. The molecule has 0 aliphatic rings. The Balaban J connectivity index is 3.29. The summed E-state index contributed by atoms with van der Waals surface area (Å²) < 4.78 is 1.77. The molecule has 0 aliphatic carbocycles. The Hall–Kier alpha value is -0.700. The van der Waals surface area contributed by atoms with Gasteiger partial charge >= 0.3 is 0 Å². The topological polar surface area (TPSA) is 43.8 Å². The third-order valence-electron chi connectivity index (χ3n) is 2.09. The molecule has 0 atom stereocenters. The van der Waals surface area contributed by atoms with Crippen molar-refractivity contribution in [3.63, 3.8) is 0 Å². The minimum atomic E-state index is -0.0641. The summed E-state index contributed by atoms with van der Waals surface area (Å²) in [7, 11) is 0. The van der Waals surface area contributed by atoms with Gasteiger partial charge in [0.2, 0.25) is 0 Å². The fourth-order valence-corrected chi connectivity index (χ4v) is 1.71. The number of halogens is 1. The summed E-state index contributed by atoms with van der Waals surface area (Å²) in [6, 6.07) is 0.239. The summed E-state index contributed by atoms with van der Waals surface area (Å²) in [4.78, 5) is 0. The SMILES string of the molecule is CC(C)n1nc(C(C)(C)C)c(Cl)c1N. The van der Waals surface area contributed by atoms with Crippen LogP contribution in [0.4, 0.5) is 5.82 Å². The van der Waals surface area contributed by atoms with Crippen molar-refractivity contribution in [2.45, 2.75) is 46.1 Å². The van der Waals surface area contributed by atoms with Gasteiger partial charge in [-0.05, 0) is 13.8 Å². The van der Waals surface area contributed by atoms with Crippen molar-refractivity contribution in [1.29, 1.82) is 0 Å². The molecule has 0 amide bonds. The second-order valence-electron chi connectivity index (χ2n) is 4.84. The maximum atomic E-state index is 6.13. The minimum absolute atomic E-state index is 0.0641. The van der Waals surface area contributed by atoms with Crippen LogP contribution in [-0.2, 0) is 5.41 Å². The smallest absolute Gasteiger partial charge is 0.141 e. The molecule has 0 aromatic carbocycles. The van der Waals surface area contributed by atoms with E-state index in [1.165, 1.54) is 0 Å². The highest BCUT2D eigenvalue weighted by Gasteiger charge is 2.25. The van der Waals surface area contributed by atoms with Crippen LogP contribution in [0.25, 0.3) is 0 Å². The molecule has 2 N–H and O–H groups in total. The molecule has 1 heterocycles. The highest BCUT2D eigenvalue weighted by atomic mass is 35.5. The Bertz CT molecular complexity index is 334. The average Bonchev–Trinajstić information content (AvgIpc) is 2.28. The van der Waals surface area contributed by atoms with Gasteiger partial charge in [0, 0.05) is 11.5 Å². The van der Waals surface area contributed by atoms with Gasteiger partial charge in [-0.3, -0.25) is 0 Å². The summed E-state index contributed by atoms with van der Waals surface area (Å²) in [6.45, 7) is 10.3. The molecule has 0 saturated heterocycles. The Labute approximate surface area is 90.2 Å². The van der Waals surface area contributed by atoms with Gasteiger partial charge in [0.05, 0.1) is 5.69 Å². The molecule has 1 aromatic rings. The zero-order valence-corrected chi connectivity index (χ0v) is 10.2. The summed E-state index contributed by atoms with van der Waals surface area (Å²) in [5.41, 5.74) is 6.67. The van der Waals surface area contributed by atoms with Gasteiger partial charge in [0.1, 0.15) is 10.8 Å². The molecule has 0 unspecified atom stereocenters. The summed E-state index contributed by atoms with van der Waals surface area (Å²) in [5, 5.41) is 5.03. The van der Waals surface area contributed by atoms with Crippen LogP contribution < -0.4 is 5.73 Å². The van der Waals surface area contributed by atoms with Gasteiger partial charge in [0.25, 0.3) is 0 Å². The Morgan fingerprint density at radius 1 is 1.36 bits per heavy atom. The fraction of sp³-hybridized carbons (Fsp3) is 0.700. The number of hydrogen-bond acceptors (Lipinski definition) is 2. The molecule has 0 spiro atoms. The summed E-state index contributed by atoms with van der Waals surface area (Å²) in [5.74, 6) is 0.562. The van der Waals surface area contributed by atoms with Crippen molar-refractivity contribution in [1.82, 2.24) is 9.78 Å². The predicted octanol–water partition coefficient (Wildman–Crippen LogP) is 3.00. The number of nitrogens with zero attached hydrogens (tertiary/aromatic N) is 2. The van der Waals surface area contributed by atoms with Crippen molar-refractivity contribution in [3.05, 3.63) is 10.7 Å². The molecule has 0 aliphatic heterocycles. The van der Waals surface area contributed by atoms with Crippen molar-refractivity contribution in [2.75, 3.05) is 5.73 Å². The van der Waals surface area contributed by atoms with Gasteiger partial charge < -0.3 is 5.73 Å². The van der Waals surface area contributed by atoms with E-state index in [9.17, 15) is 0 Å². The van der Waals surface area contributed by atoms with E-state index in [0.717, 1.165) is 5.69 Å². The Morgan fingerprint density at radius 3 is 2.07 bits per heavy atom. The number of hydrogen-bond donors (Lipinski definition) is 1. The quantitative estimate of drug-likeness (QED) is 0.783. The van der Waals surface area contributed by atoms with Crippen LogP contribution in [0, 0.1) is 0 Å². The molecule has 0 bridgehead atoms. The zero-order valence-electron chi connectivity index (χ0n) is 9.43. The highest BCUT2D eigenvalue weighted by Crippen LogP contribution is 2.33. The number of nitrogen functional groups attached to an aromatic ring is 1. The average molecular weight is 216 g/mol. The van der Waals surface area contributed by atoms with E-state index < -0.39 is 0 Å². The highest BCUT2D eigenvalue weighted by molar-refractivity contribution is 6.33. The van der Waals surface area contributed by atoms with E-state index in [0.29, 0.717) is 10.8 Å². The lowest BCUT2D eigenvalue weighted by Gasteiger charge is -2.15. The first-order valence-electron chi connectivity index (χ1n) is 4.79. The Kier molecular flexibility index (Phi) is 2.81. The normalized spacial score (nSPS) is 12.5. The maximum Gasteiger partial charge on any atom is 0.141 e. The molecule has 14 heavy (non-hydrogen) atoms. The first kappa shape index (κ1) is 11.4. The lowest BCUT2D eigenvalue weighted by atomic mass is 9.92. The van der Waals surface area contributed by atoms with E-state index in [1.54, 1.807) is 4.68 Å². The van der Waals surface area contributed by atoms with Crippen molar-refractivity contribution >= 4 is 17.4 Å². The monoisotopic (exact) mass is 215 g/mol. The van der Waals surface area contributed by atoms with Crippen LogP contribution >= 0.6 is 11.6 Å². The van der Waals surface area contributed by atoms with Gasteiger partial charge in [0.15, 0.2) is 0 Å². The number of rotatable bonds is 1. The fourth-order valence-electron chi connectivity index (χ4n) is 1.30. The van der Waals surface area contributed by atoms with Gasteiger partial charge in [-0.25, -0.2) is 4.68 Å². The van der Waals surface area contributed by atoms with E-state index in [2.05, 4.69) is 25.9 Å². The molecule has 80 valence electrons. The summed E-state index contributed by atoms with van der Waals surface area (Å²) in [6.07, 6.45) is 0. The summed E-state index contributed by atoms with van der Waals surface area (Å²) >= 11 is 6.13. The zero-order chi connectivity index (χ0) is 11.1. The number of aromatic nitrogens is 2. The van der Waals surface area contributed by atoms with Crippen LogP contribution in [0.2, 0.25) is 5.02 Å². The third kappa shape index (κ3) is 1.87. The largest absolute Gasteiger partial charge is 0.383 e. The lowest BCUT2D eigenvalue weighted by Crippen LogP contribution is -2.14. The molecule has 1 aromatic heterocycles. The molecule has 4 heteroatoms. The van der Waals surface area contributed by atoms with E-state index in [-0.39, 0.29) is 11.5 Å². The van der Waals surface area contributed by atoms with E-state index in [1.807, 2.05) is 13.8 Å². The van der Waals surface area contributed by atoms with Crippen molar-refractivity contribution in [2.24, 2.45) is 0 Å². The van der Waals surface area contributed by atoms with Crippen LogP contribution in [0.5, 0.6) is 0 Å². The lowest BCUT2D eigenvalue weighted by molar-refractivity contribution is 0.499. The van der Waals surface area contributed by atoms with Crippen LogP contribution in [0.15, 0.2) is 0 Å². The van der Waals surface area contributed by atoms with Crippen LogP contribution in [0.3, 0.4) is 0 Å². The first-order valence-corrected chi connectivity index (χ1v) is 5.17. The second-order valence-corrected chi connectivity index (χ2v) is 5.21. The molecule has 0 radical (unpaired) electrons. The van der Waals surface area contributed by atoms with Gasteiger partial charge in [-0.2, -0.15) is 5.10 Å². The first-order chi connectivity index (χ1) is 6.25. The maximum absolute atomic E-state index is 6.13. The number of anilines is 1. The van der Waals surface area contributed by atoms with Crippen molar-refractivity contribution < 1.29 is 0 Å². The predicted molar refractivity (Wildman–Crippen MR) is 60.7 cm³/mol. The Morgan fingerprint density at radius 2 is 1.86 bits per heavy atom. The molecular formula is C10H18ClN3. The third-order valence-corrected chi connectivity index (χ3v) is 2.46. The molecular weight excluding hydrogens is 198 g/mol. The van der Waals surface area contributed by atoms with E-state index in [4.69, 9.17) is 17.3 Å². The van der Waals surface area contributed by atoms with Gasteiger partial charge in [-0.15, -0.1) is 0 Å². The van der Waals surface area contributed by atoms with Crippen LogP contribution in [0.1, 0.15) is 46.4 Å². The van der Waals surface area contributed by atoms with E-state index >= 15 is 0 Å². The minimum Gasteiger partial charge on any atom is -0.383 e. The molecule has 0 fully saturated rings. The van der Waals surface area contributed by atoms with Gasteiger partial charge in [-0.1, -0.05) is 32.4 Å².